The molecule has 2 saturated heterocycles. The maximum Gasteiger partial charge on any atom is 0.208 e. The molecule has 98 valence electrons. The van der Waals surface area contributed by atoms with Crippen LogP contribution in [0.4, 0.5) is 5.13 Å². The summed E-state index contributed by atoms with van der Waals surface area (Å²) in [5.41, 5.74) is 0. The zero-order valence-electron chi connectivity index (χ0n) is 10.9. The Morgan fingerprint density at radius 3 is 2.78 bits per heavy atom. The van der Waals surface area contributed by atoms with Crippen LogP contribution in [0.15, 0.2) is 0 Å². The van der Waals surface area contributed by atoms with Gasteiger partial charge in [-0.2, -0.15) is 0 Å². The van der Waals surface area contributed by atoms with Crippen LogP contribution in [0.2, 0.25) is 0 Å². The number of anilines is 1. The van der Waals surface area contributed by atoms with Gasteiger partial charge in [0.25, 0.3) is 0 Å². The lowest BCUT2D eigenvalue weighted by Crippen LogP contribution is -2.46. The van der Waals surface area contributed by atoms with Crippen LogP contribution in [-0.2, 0) is 0 Å². The van der Waals surface area contributed by atoms with E-state index in [9.17, 15) is 0 Å². The molecular formula is C13H20N4S. The molecule has 1 aromatic rings. The average molecular weight is 264 g/mol. The quantitative estimate of drug-likeness (QED) is 0.817. The maximum absolute atomic E-state index is 4.45. The van der Waals surface area contributed by atoms with Crippen LogP contribution in [0.1, 0.15) is 36.6 Å². The third-order valence-corrected chi connectivity index (χ3v) is 5.79. The van der Waals surface area contributed by atoms with E-state index in [2.05, 4.69) is 27.0 Å². The Hall–Kier alpha value is -0.680. The van der Waals surface area contributed by atoms with Gasteiger partial charge in [0.05, 0.1) is 0 Å². The van der Waals surface area contributed by atoms with Crippen molar-refractivity contribution in [3.05, 3.63) is 5.01 Å². The second-order valence-electron chi connectivity index (χ2n) is 6.06. The lowest BCUT2D eigenvalue weighted by atomic mass is 9.93. The first kappa shape index (κ1) is 11.2. The largest absolute Gasteiger partial charge is 0.342 e. The van der Waals surface area contributed by atoms with Gasteiger partial charge in [0.15, 0.2) is 0 Å². The van der Waals surface area contributed by atoms with Crippen molar-refractivity contribution in [1.29, 1.82) is 0 Å². The second kappa shape index (κ2) is 4.17. The predicted molar refractivity (Wildman–Crippen MR) is 73.2 cm³/mol. The monoisotopic (exact) mass is 264 g/mol. The molecule has 1 saturated carbocycles. The summed E-state index contributed by atoms with van der Waals surface area (Å²) in [5.74, 6) is 1.62. The molecule has 0 amide bonds. The van der Waals surface area contributed by atoms with Gasteiger partial charge in [0, 0.05) is 25.0 Å². The third kappa shape index (κ3) is 1.84. The molecule has 2 aliphatic heterocycles. The molecule has 0 N–H and O–H groups in total. The third-order valence-electron chi connectivity index (χ3n) is 4.67. The number of hydrogen-bond donors (Lipinski definition) is 0. The number of nitrogens with zero attached hydrogens (tertiary/aromatic N) is 4. The fraction of sp³-hybridized carbons (Fsp3) is 0.846. The zero-order valence-corrected chi connectivity index (χ0v) is 11.7. The first-order valence-corrected chi connectivity index (χ1v) is 7.91. The van der Waals surface area contributed by atoms with Gasteiger partial charge in [-0.05, 0) is 45.2 Å². The van der Waals surface area contributed by atoms with Crippen molar-refractivity contribution in [2.24, 2.45) is 5.92 Å². The van der Waals surface area contributed by atoms with Gasteiger partial charge >= 0.3 is 0 Å². The SMILES string of the molecule is CN1CC[C@@H]2CCN(c3nnc(C4CC4)s3)[C@@H]2C1. The topological polar surface area (TPSA) is 32.3 Å². The number of likely N-dealkylation sites (tertiary alicyclic amines) is 1. The molecular weight excluding hydrogens is 244 g/mol. The number of hydrogen-bond acceptors (Lipinski definition) is 5. The molecule has 3 heterocycles. The van der Waals surface area contributed by atoms with E-state index in [4.69, 9.17) is 0 Å². The number of rotatable bonds is 2. The number of piperidine rings is 1. The van der Waals surface area contributed by atoms with Crippen molar-refractivity contribution in [1.82, 2.24) is 15.1 Å². The summed E-state index contributed by atoms with van der Waals surface area (Å²) in [6, 6.07) is 0.684. The number of aromatic nitrogens is 2. The molecule has 3 aliphatic rings. The molecule has 4 rings (SSSR count). The van der Waals surface area contributed by atoms with Gasteiger partial charge in [-0.1, -0.05) is 11.3 Å². The summed E-state index contributed by atoms with van der Waals surface area (Å²) in [6.07, 6.45) is 5.34. The summed E-state index contributed by atoms with van der Waals surface area (Å²) < 4.78 is 0. The average Bonchev–Trinajstić information content (AvgIpc) is 2.96. The van der Waals surface area contributed by atoms with Gasteiger partial charge in [-0.25, -0.2) is 0 Å². The highest BCUT2D eigenvalue weighted by Gasteiger charge is 2.39. The number of fused-ring (bicyclic) bond motifs is 1. The Kier molecular flexibility index (Phi) is 2.59. The fourth-order valence-electron chi connectivity index (χ4n) is 3.37. The predicted octanol–water partition coefficient (Wildman–Crippen LogP) is 1.95. The first-order valence-electron chi connectivity index (χ1n) is 7.10. The minimum absolute atomic E-state index is 0.684. The molecule has 0 unspecified atom stereocenters. The summed E-state index contributed by atoms with van der Waals surface area (Å²) in [7, 11) is 2.24. The Balaban J connectivity index is 1.55. The van der Waals surface area contributed by atoms with Crippen LogP contribution >= 0.6 is 11.3 Å². The van der Waals surface area contributed by atoms with E-state index in [0.717, 1.165) is 11.8 Å². The Labute approximate surface area is 112 Å². The van der Waals surface area contributed by atoms with Crippen molar-refractivity contribution in [2.45, 2.75) is 37.6 Å². The highest BCUT2D eigenvalue weighted by Crippen LogP contribution is 2.44. The van der Waals surface area contributed by atoms with Crippen molar-refractivity contribution in [2.75, 3.05) is 31.6 Å². The van der Waals surface area contributed by atoms with Crippen LogP contribution in [-0.4, -0.2) is 47.8 Å². The Morgan fingerprint density at radius 1 is 1.11 bits per heavy atom. The lowest BCUT2D eigenvalue weighted by molar-refractivity contribution is 0.208. The van der Waals surface area contributed by atoms with Crippen molar-refractivity contribution in [3.8, 4) is 0 Å². The van der Waals surface area contributed by atoms with Crippen molar-refractivity contribution in [3.63, 3.8) is 0 Å². The van der Waals surface area contributed by atoms with Crippen LogP contribution in [0.5, 0.6) is 0 Å². The lowest BCUT2D eigenvalue weighted by Gasteiger charge is -2.36. The standard InChI is InChI=1S/C13H20N4S/c1-16-6-4-9-5-7-17(11(9)8-16)13-15-14-12(18-13)10-2-3-10/h9-11H,2-8H2,1H3/t9-,11-/m1/s1. The van der Waals surface area contributed by atoms with Gasteiger partial charge in [0.1, 0.15) is 5.01 Å². The van der Waals surface area contributed by atoms with E-state index in [1.807, 2.05) is 11.3 Å². The minimum atomic E-state index is 0.684. The molecule has 18 heavy (non-hydrogen) atoms. The summed E-state index contributed by atoms with van der Waals surface area (Å²) in [5, 5.41) is 11.3. The molecule has 3 fully saturated rings. The van der Waals surface area contributed by atoms with Crippen LogP contribution in [0, 0.1) is 5.92 Å². The van der Waals surface area contributed by atoms with Crippen LogP contribution < -0.4 is 4.90 Å². The Morgan fingerprint density at radius 2 is 1.94 bits per heavy atom. The van der Waals surface area contributed by atoms with Crippen LogP contribution in [0.3, 0.4) is 0 Å². The van der Waals surface area contributed by atoms with E-state index < -0.39 is 0 Å². The molecule has 0 radical (unpaired) electrons. The summed E-state index contributed by atoms with van der Waals surface area (Å²) >= 11 is 1.84. The van der Waals surface area contributed by atoms with E-state index >= 15 is 0 Å². The van der Waals surface area contributed by atoms with Crippen LogP contribution in [0.25, 0.3) is 0 Å². The first-order chi connectivity index (χ1) is 8.81. The van der Waals surface area contributed by atoms with Crippen molar-refractivity contribution < 1.29 is 0 Å². The second-order valence-corrected chi connectivity index (χ2v) is 7.05. The molecule has 1 aromatic heterocycles. The zero-order chi connectivity index (χ0) is 12.1. The van der Waals surface area contributed by atoms with Gasteiger partial charge in [0.2, 0.25) is 5.13 Å². The van der Waals surface area contributed by atoms with E-state index in [1.165, 1.54) is 55.5 Å². The molecule has 0 spiro atoms. The molecule has 5 heteroatoms. The Bertz CT molecular complexity index is 442. The molecule has 0 aromatic carbocycles. The smallest absolute Gasteiger partial charge is 0.208 e. The van der Waals surface area contributed by atoms with Gasteiger partial charge in [-0.3, -0.25) is 0 Å². The summed E-state index contributed by atoms with van der Waals surface area (Å²) in [4.78, 5) is 4.99. The van der Waals surface area contributed by atoms with E-state index in [-0.39, 0.29) is 0 Å². The molecule has 1 aliphatic carbocycles. The normalized spacial score (nSPS) is 32.8. The fourth-order valence-corrected chi connectivity index (χ4v) is 4.47. The summed E-state index contributed by atoms with van der Waals surface area (Å²) in [6.45, 7) is 3.64. The van der Waals surface area contributed by atoms with Crippen molar-refractivity contribution >= 4 is 16.5 Å². The van der Waals surface area contributed by atoms with E-state index in [0.29, 0.717) is 6.04 Å². The minimum Gasteiger partial charge on any atom is -0.342 e. The maximum atomic E-state index is 4.45. The van der Waals surface area contributed by atoms with E-state index in [1.54, 1.807) is 0 Å². The molecule has 0 bridgehead atoms. The van der Waals surface area contributed by atoms with Gasteiger partial charge < -0.3 is 9.80 Å². The molecule has 4 nitrogen and oxygen atoms in total. The highest BCUT2D eigenvalue weighted by molar-refractivity contribution is 7.15. The van der Waals surface area contributed by atoms with Gasteiger partial charge in [-0.15, -0.1) is 10.2 Å². The number of likely N-dealkylation sites (N-methyl/N-ethyl adjacent to an activating group) is 1. The highest BCUT2D eigenvalue weighted by atomic mass is 32.1. The molecule has 2 atom stereocenters.